The van der Waals surface area contributed by atoms with Crippen LogP contribution in [0.25, 0.3) is 0 Å². The van der Waals surface area contributed by atoms with Gasteiger partial charge in [0.2, 0.25) is 0 Å². The van der Waals surface area contributed by atoms with Crippen LogP contribution < -0.4 is 0 Å². The van der Waals surface area contributed by atoms with E-state index in [0.717, 1.165) is 24.4 Å². The molecule has 4 nitrogen and oxygen atoms in total. The smallest absolute Gasteiger partial charge is 0.186 e. The Labute approximate surface area is 119 Å². The fourth-order valence-electron chi connectivity index (χ4n) is 1.71. The highest BCUT2D eigenvalue weighted by atomic mass is 32.1. The summed E-state index contributed by atoms with van der Waals surface area (Å²) >= 11 is 1.59. The van der Waals surface area contributed by atoms with E-state index in [0.29, 0.717) is 19.8 Å². The van der Waals surface area contributed by atoms with Gasteiger partial charge in [-0.05, 0) is 18.6 Å². The van der Waals surface area contributed by atoms with Crippen molar-refractivity contribution >= 4 is 17.1 Å². The van der Waals surface area contributed by atoms with E-state index in [2.05, 4.69) is 11.8 Å². The van der Waals surface area contributed by atoms with Gasteiger partial charge in [0, 0.05) is 32.2 Å². The zero-order valence-corrected chi connectivity index (χ0v) is 12.8. The summed E-state index contributed by atoms with van der Waals surface area (Å²) in [6.07, 6.45) is 0.981. The van der Waals surface area contributed by atoms with Crippen LogP contribution in [-0.2, 0) is 15.9 Å². The molecule has 0 aliphatic heterocycles. The maximum absolute atomic E-state index is 12.2. The lowest BCUT2D eigenvalue weighted by Gasteiger charge is -2.20. The molecule has 0 atom stereocenters. The number of carbonyl (C=O) groups is 1. The second-order valence-electron chi connectivity index (χ2n) is 4.30. The normalized spacial score (nSPS) is 11.2. The fourth-order valence-corrected chi connectivity index (χ4v) is 2.59. The molecule has 1 heterocycles. The summed E-state index contributed by atoms with van der Waals surface area (Å²) in [4.78, 5) is 16.4. The third-order valence-electron chi connectivity index (χ3n) is 2.88. The number of ether oxygens (including phenoxy) is 2. The first-order valence-corrected chi connectivity index (χ1v) is 7.35. The van der Waals surface area contributed by atoms with E-state index >= 15 is 0 Å². The molecule has 0 saturated carbocycles. The predicted molar refractivity (Wildman–Crippen MR) is 78.2 cm³/mol. The first-order valence-electron chi connectivity index (χ1n) is 6.53. The number of aryl methyl sites for hydroxylation is 1. The Bertz CT molecular complexity index is 371. The van der Waals surface area contributed by atoms with Crippen LogP contribution in [0.1, 0.15) is 21.5 Å². The van der Waals surface area contributed by atoms with Crippen molar-refractivity contribution in [1.29, 1.82) is 0 Å². The quantitative estimate of drug-likeness (QED) is 0.617. The minimum absolute atomic E-state index is 0.178. The van der Waals surface area contributed by atoms with Gasteiger partial charge < -0.3 is 9.47 Å². The molecule has 0 N–H and O–H groups in total. The van der Waals surface area contributed by atoms with E-state index in [1.165, 1.54) is 4.88 Å². The van der Waals surface area contributed by atoms with E-state index in [9.17, 15) is 4.79 Å². The lowest BCUT2D eigenvalue weighted by Crippen LogP contribution is -2.35. The van der Waals surface area contributed by atoms with Crippen LogP contribution in [0.4, 0.5) is 0 Å². The highest BCUT2D eigenvalue weighted by Crippen LogP contribution is 2.17. The molecule has 0 saturated heterocycles. The molecule has 0 aromatic carbocycles. The second kappa shape index (κ2) is 9.20. The Morgan fingerprint density at radius 3 is 2.32 bits per heavy atom. The van der Waals surface area contributed by atoms with Crippen molar-refractivity contribution < 1.29 is 14.3 Å². The van der Waals surface area contributed by atoms with Crippen LogP contribution in [0.15, 0.2) is 12.1 Å². The van der Waals surface area contributed by atoms with Gasteiger partial charge in [0.1, 0.15) is 0 Å². The van der Waals surface area contributed by atoms with Crippen molar-refractivity contribution in [2.75, 3.05) is 47.1 Å². The highest BCUT2D eigenvalue weighted by molar-refractivity contribution is 7.14. The molecule has 19 heavy (non-hydrogen) atoms. The maximum atomic E-state index is 12.2. The molecule has 0 amide bonds. The SMILES string of the molecule is CCc1ccc(C(=O)CN(CCOC)CCOC)s1. The number of hydrogen-bond acceptors (Lipinski definition) is 5. The summed E-state index contributed by atoms with van der Waals surface area (Å²) in [6, 6.07) is 3.96. The standard InChI is InChI=1S/C14H23NO3S/c1-4-12-5-6-14(19-12)13(16)11-15(7-9-17-2)8-10-18-3/h5-6H,4,7-11H2,1-3H3. The lowest BCUT2D eigenvalue weighted by atomic mass is 10.3. The average molecular weight is 285 g/mol. The fraction of sp³-hybridized carbons (Fsp3) is 0.643. The molecule has 0 aliphatic carbocycles. The molecule has 1 rings (SSSR count). The van der Waals surface area contributed by atoms with Gasteiger partial charge in [-0.15, -0.1) is 11.3 Å². The van der Waals surface area contributed by atoms with Crippen LogP contribution >= 0.6 is 11.3 Å². The number of methoxy groups -OCH3 is 2. The summed E-state index contributed by atoms with van der Waals surface area (Å²) in [5, 5.41) is 0. The van der Waals surface area contributed by atoms with Gasteiger partial charge in [0.25, 0.3) is 0 Å². The molecule has 5 heteroatoms. The molecule has 0 aliphatic rings. The van der Waals surface area contributed by atoms with Gasteiger partial charge in [-0.3, -0.25) is 9.69 Å². The molecule has 0 spiro atoms. The third kappa shape index (κ3) is 5.82. The molecular formula is C14H23NO3S. The number of hydrogen-bond donors (Lipinski definition) is 0. The molecule has 1 aromatic rings. The molecule has 0 bridgehead atoms. The Kier molecular flexibility index (Phi) is 7.90. The van der Waals surface area contributed by atoms with Gasteiger partial charge in [-0.1, -0.05) is 6.92 Å². The van der Waals surface area contributed by atoms with Gasteiger partial charge in [0.05, 0.1) is 24.6 Å². The van der Waals surface area contributed by atoms with Crippen LogP contribution in [0.3, 0.4) is 0 Å². The van der Waals surface area contributed by atoms with Crippen LogP contribution in [0, 0.1) is 0 Å². The summed E-state index contributed by atoms with van der Waals surface area (Å²) < 4.78 is 10.1. The second-order valence-corrected chi connectivity index (χ2v) is 5.47. The Morgan fingerprint density at radius 2 is 1.84 bits per heavy atom. The van der Waals surface area contributed by atoms with Gasteiger partial charge in [-0.25, -0.2) is 0 Å². The third-order valence-corrected chi connectivity index (χ3v) is 4.15. The number of carbonyl (C=O) groups excluding carboxylic acids is 1. The van der Waals surface area contributed by atoms with Crippen LogP contribution in [-0.4, -0.2) is 57.8 Å². The molecule has 0 unspecified atom stereocenters. The molecule has 0 radical (unpaired) electrons. The van der Waals surface area contributed by atoms with Crippen molar-refractivity contribution in [3.63, 3.8) is 0 Å². The highest BCUT2D eigenvalue weighted by Gasteiger charge is 2.14. The molecule has 108 valence electrons. The minimum atomic E-state index is 0.178. The monoisotopic (exact) mass is 285 g/mol. The van der Waals surface area contributed by atoms with Crippen molar-refractivity contribution in [3.8, 4) is 0 Å². The van der Waals surface area contributed by atoms with E-state index in [1.807, 2.05) is 12.1 Å². The first-order chi connectivity index (χ1) is 9.21. The zero-order chi connectivity index (χ0) is 14.1. The van der Waals surface area contributed by atoms with E-state index in [4.69, 9.17) is 9.47 Å². The Balaban J connectivity index is 2.53. The number of Topliss-reactive ketones (excluding diaryl/α,β-unsaturated/α-hetero) is 1. The summed E-state index contributed by atoms with van der Waals surface area (Å²) in [7, 11) is 3.34. The Hall–Kier alpha value is -0.750. The summed E-state index contributed by atoms with van der Waals surface area (Å²) in [5.74, 6) is 0.178. The Morgan fingerprint density at radius 1 is 1.21 bits per heavy atom. The zero-order valence-electron chi connectivity index (χ0n) is 12.0. The van der Waals surface area contributed by atoms with E-state index < -0.39 is 0 Å². The maximum Gasteiger partial charge on any atom is 0.186 e. The average Bonchev–Trinajstić information content (AvgIpc) is 2.90. The van der Waals surface area contributed by atoms with Crippen molar-refractivity contribution in [2.45, 2.75) is 13.3 Å². The molecular weight excluding hydrogens is 262 g/mol. The number of ketones is 1. The van der Waals surface area contributed by atoms with Crippen molar-refractivity contribution in [1.82, 2.24) is 4.90 Å². The number of rotatable bonds is 10. The predicted octanol–water partition coefficient (Wildman–Crippen LogP) is 2.09. The summed E-state index contributed by atoms with van der Waals surface area (Å²) in [5.41, 5.74) is 0. The van der Waals surface area contributed by atoms with E-state index in [-0.39, 0.29) is 5.78 Å². The van der Waals surface area contributed by atoms with Crippen molar-refractivity contribution in [2.24, 2.45) is 0 Å². The van der Waals surface area contributed by atoms with Gasteiger partial charge >= 0.3 is 0 Å². The van der Waals surface area contributed by atoms with Crippen molar-refractivity contribution in [3.05, 3.63) is 21.9 Å². The first kappa shape index (κ1) is 16.3. The van der Waals surface area contributed by atoms with Gasteiger partial charge in [-0.2, -0.15) is 0 Å². The van der Waals surface area contributed by atoms with Crippen LogP contribution in [0.5, 0.6) is 0 Å². The lowest BCUT2D eigenvalue weighted by molar-refractivity contribution is 0.0840. The topological polar surface area (TPSA) is 38.8 Å². The van der Waals surface area contributed by atoms with Gasteiger partial charge in [0.15, 0.2) is 5.78 Å². The molecule has 1 aromatic heterocycles. The largest absolute Gasteiger partial charge is 0.383 e. The van der Waals surface area contributed by atoms with Crippen LogP contribution in [0.2, 0.25) is 0 Å². The van der Waals surface area contributed by atoms with E-state index in [1.54, 1.807) is 25.6 Å². The molecule has 0 fully saturated rings. The number of thiophene rings is 1. The number of nitrogens with zero attached hydrogens (tertiary/aromatic N) is 1. The minimum Gasteiger partial charge on any atom is -0.383 e. The summed E-state index contributed by atoms with van der Waals surface area (Å²) in [6.45, 7) is 5.28.